The first-order valence-electron chi connectivity index (χ1n) is 12.1. The van der Waals surface area contributed by atoms with E-state index in [4.69, 9.17) is 14.3 Å². The van der Waals surface area contributed by atoms with Crippen molar-refractivity contribution in [3.8, 4) is 0 Å². The van der Waals surface area contributed by atoms with Gasteiger partial charge in [-0.05, 0) is 65.2 Å². The summed E-state index contributed by atoms with van der Waals surface area (Å²) >= 11 is 0. The fraction of sp³-hybridized carbons (Fsp3) is 0.792. The maximum Gasteiger partial charge on any atom is 0.410 e. The molecule has 1 saturated heterocycles. The minimum atomic E-state index is -0.472. The molecule has 1 saturated carbocycles. The van der Waals surface area contributed by atoms with Crippen molar-refractivity contribution < 1.29 is 14.1 Å². The zero-order valence-electron chi connectivity index (χ0n) is 21.1. The molecule has 9 heteroatoms. The number of guanidine groups is 1. The van der Waals surface area contributed by atoms with Crippen LogP contribution in [0.2, 0.25) is 0 Å². The lowest BCUT2D eigenvalue weighted by atomic mass is 10.0. The van der Waals surface area contributed by atoms with E-state index in [-0.39, 0.29) is 36.1 Å². The van der Waals surface area contributed by atoms with Crippen molar-refractivity contribution in [3.05, 3.63) is 17.5 Å². The number of carbonyl (C=O) groups is 1. The first kappa shape index (κ1) is 27.7. The Morgan fingerprint density at radius 3 is 2.48 bits per heavy atom. The van der Waals surface area contributed by atoms with Crippen LogP contribution >= 0.6 is 24.0 Å². The number of nitrogens with zero attached hydrogens (tertiary/aromatic N) is 4. The molecule has 3 rings (SSSR count). The first-order valence-corrected chi connectivity index (χ1v) is 12.1. The zero-order chi connectivity index (χ0) is 23.3. The van der Waals surface area contributed by atoms with Gasteiger partial charge in [-0.15, -0.1) is 24.0 Å². The van der Waals surface area contributed by atoms with Crippen molar-refractivity contribution in [2.75, 3.05) is 26.2 Å². The summed E-state index contributed by atoms with van der Waals surface area (Å²) in [6.45, 7) is 15.9. The lowest BCUT2D eigenvalue weighted by molar-refractivity contribution is 0.00928. The Kier molecular flexibility index (Phi) is 10.3. The standard InChI is InChI=1S/C24H41N5O3.HI/c1-7-25-22(26-15-20-14-21(17(2)3)27-32-20)28-12-10-19(11-13-28)29(16-18-8-9-18)23(30)31-24(4,5)6;/h14,17-19H,7-13,15-16H2,1-6H3,(H,25,26);1H. The molecule has 1 aromatic heterocycles. The Hall–Kier alpha value is -1.52. The van der Waals surface area contributed by atoms with Gasteiger partial charge in [-0.25, -0.2) is 9.79 Å². The molecule has 1 N–H and O–H groups in total. The van der Waals surface area contributed by atoms with E-state index in [0.717, 1.165) is 56.4 Å². The van der Waals surface area contributed by atoms with E-state index in [1.165, 1.54) is 12.8 Å². The first-order chi connectivity index (χ1) is 15.2. The fourth-order valence-corrected chi connectivity index (χ4v) is 3.92. The number of hydrogen-bond donors (Lipinski definition) is 1. The largest absolute Gasteiger partial charge is 0.444 e. The van der Waals surface area contributed by atoms with Crippen molar-refractivity contribution in [2.45, 2.75) is 91.3 Å². The fourth-order valence-electron chi connectivity index (χ4n) is 3.92. The highest BCUT2D eigenvalue weighted by Crippen LogP contribution is 2.32. The number of ether oxygens (including phenoxy) is 1. The summed E-state index contributed by atoms with van der Waals surface area (Å²) < 4.78 is 11.2. The van der Waals surface area contributed by atoms with Gasteiger partial charge >= 0.3 is 6.09 Å². The molecule has 1 aliphatic heterocycles. The van der Waals surface area contributed by atoms with Gasteiger partial charge in [0, 0.05) is 38.3 Å². The molecule has 1 aromatic rings. The number of aromatic nitrogens is 1. The minimum Gasteiger partial charge on any atom is -0.444 e. The highest BCUT2D eigenvalue weighted by molar-refractivity contribution is 14.0. The Bertz CT molecular complexity index is 777. The third kappa shape index (κ3) is 8.64. The number of halogens is 1. The third-order valence-electron chi connectivity index (χ3n) is 5.87. The monoisotopic (exact) mass is 575 g/mol. The van der Waals surface area contributed by atoms with Gasteiger partial charge in [0.2, 0.25) is 0 Å². The summed E-state index contributed by atoms with van der Waals surface area (Å²) in [4.78, 5) is 21.9. The lowest BCUT2D eigenvalue weighted by Crippen LogP contribution is -2.52. The van der Waals surface area contributed by atoms with Crippen LogP contribution in [0.15, 0.2) is 15.6 Å². The molecule has 0 unspecified atom stereocenters. The number of rotatable bonds is 7. The van der Waals surface area contributed by atoms with Gasteiger partial charge in [-0.3, -0.25) is 0 Å². The quantitative estimate of drug-likeness (QED) is 0.280. The molecule has 0 atom stereocenters. The summed E-state index contributed by atoms with van der Waals surface area (Å²) in [5, 5.41) is 7.53. The molecule has 0 spiro atoms. The highest BCUT2D eigenvalue weighted by Gasteiger charge is 2.35. The van der Waals surface area contributed by atoms with E-state index in [9.17, 15) is 4.79 Å². The summed E-state index contributed by atoms with van der Waals surface area (Å²) in [6, 6.07) is 2.20. The minimum absolute atomic E-state index is 0. The summed E-state index contributed by atoms with van der Waals surface area (Å²) in [5.74, 6) is 2.64. The summed E-state index contributed by atoms with van der Waals surface area (Å²) in [6.07, 6.45) is 4.09. The Balaban J connectivity index is 0.00000385. The molecule has 0 radical (unpaired) electrons. The summed E-state index contributed by atoms with van der Waals surface area (Å²) in [7, 11) is 0. The summed E-state index contributed by atoms with van der Waals surface area (Å²) in [5.41, 5.74) is 0.486. The van der Waals surface area contributed by atoms with E-state index in [1.807, 2.05) is 31.7 Å². The molecule has 2 heterocycles. The van der Waals surface area contributed by atoms with Crippen molar-refractivity contribution >= 4 is 36.0 Å². The average Bonchev–Trinajstić information content (AvgIpc) is 3.42. The van der Waals surface area contributed by atoms with Gasteiger partial charge in [0.15, 0.2) is 11.7 Å². The van der Waals surface area contributed by atoms with E-state index in [0.29, 0.717) is 18.4 Å². The number of aliphatic imine (C=N–C) groups is 1. The Labute approximate surface area is 215 Å². The molecular weight excluding hydrogens is 533 g/mol. The van der Waals surface area contributed by atoms with Gasteiger partial charge in [0.25, 0.3) is 0 Å². The topological polar surface area (TPSA) is 83.2 Å². The van der Waals surface area contributed by atoms with Crippen molar-refractivity contribution in [1.82, 2.24) is 20.3 Å². The number of likely N-dealkylation sites (tertiary alicyclic amines) is 1. The van der Waals surface area contributed by atoms with Crippen LogP contribution < -0.4 is 5.32 Å². The van der Waals surface area contributed by atoms with E-state index in [1.54, 1.807) is 0 Å². The van der Waals surface area contributed by atoms with E-state index in [2.05, 4.69) is 36.1 Å². The number of hydrogen-bond acceptors (Lipinski definition) is 5. The molecule has 2 aliphatic rings. The van der Waals surface area contributed by atoms with Crippen LogP contribution in [-0.4, -0.2) is 64.8 Å². The van der Waals surface area contributed by atoms with E-state index < -0.39 is 5.60 Å². The van der Waals surface area contributed by atoms with Crippen LogP contribution in [0.5, 0.6) is 0 Å². The van der Waals surface area contributed by atoms with Crippen molar-refractivity contribution in [1.29, 1.82) is 0 Å². The van der Waals surface area contributed by atoms with Crippen LogP contribution in [0.25, 0.3) is 0 Å². The second kappa shape index (κ2) is 12.3. The maximum absolute atomic E-state index is 12.9. The molecule has 8 nitrogen and oxygen atoms in total. The van der Waals surface area contributed by atoms with Gasteiger partial charge in [-0.1, -0.05) is 19.0 Å². The normalized spacial score (nSPS) is 17.7. The molecule has 1 aliphatic carbocycles. The Morgan fingerprint density at radius 1 is 1.30 bits per heavy atom. The molecular formula is C24H42IN5O3. The van der Waals surface area contributed by atoms with Crippen LogP contribution in [0.3, 0.4) is 0 Å². The second-order valence-corrected chi connectivity index (χ2v) is 10.3. The smallest absolute Gasteiger partial charge is 0.410 e. The maximum atomic E-state index is 12.9. The number of piperidine rings is 1. The second-order valence-electron chi connectivity index (χ2n) is 10.3. The van der Waals surface area contributed by atoms with Crippen LogP contribution in [0, 0.1) is 5.92 Å². The van der Waals surface area contributed by atoms with Crippen LogP contribution in [0.1, 0.15) is 84.6 Å². The molecule has 0 bridgehead atoms. The number of amides is 1. The molecule has 2 fully saturated rings. The predicted molar refractivity (Wildman–Crippen MR) is 141 cm³/mol. The highest BCUT2D eigenvalue weighted by atomic mass is 127. The van der Waals surface area contributed by atoms with Gasteiger partial charge in [0.1, 0.15) is 12.1 Å². The van der Waals surface area contributed by atoms with E-state index >= 15 is 0 Å². The van der Waals surface area contributed by atoms with Crippen molar-refractivity contribution in [3.63, 3.8) is 0 Å². The van der Waals surface area contributed by atoms with Gasteiger partial charge in [0.05, 0.1) is 5.69 Å². The molecule has 1 amide bonds. The predicted octanol–water partition coefficient (Wildman–Crippen LogP) is 4.99. The number of carbonyl (C=O) groups excluding carboxylic acids is 1. The van der Waals surface area contributed by atoms with Gasteiger partial charge in [-0.2, -0.15) is 0 Å². The average molecular weight is 576 g/mol. The Morgan fingerprint density at radius 2 is 1.97 bits per heavy atom. The molecule has 0 aromatic carbocycles. The third-order valence-corrected chi connectivity index (χ3v) is 5.87. The van der Waals surface area contributed by atoms with Gasteiger partial charge < -0.3 is 24.4 Å². The van der Waals surface area contributed by atoms with Crippen LogP contribution in [0.4, 0.5) is 4.79 Å². The van der Waals surface area contributed by atoms with Crippen LogP contribution in [-0.2, 0) is 11.3 Å². The lowest BCUT2D eigenvalue weighted by Gasteiger charge is -2.40. The molecule has 33 heavy (non-hydrogen) atoms. The number of nitrogens with one attached hydrogen (secondary N) is 1. The van der Waals surface area contributed by atoms with Crippen molar-refractivity contribution in [2.24, 2.45) is 10.9 Å². The molecule has 188 valence electrons. The zero-order valence-corrected chi connectivity index (χ0v) is 23.4. The SMILES string of the molecule is CCNC(=NCc1cc(C(C)C)no1)N1CCC(N(CC2CC2)C(=O)OC(C)(C)C)CC1.I.